The van der Waals surface area contributed by atoms with Crippen LogP contribution in [0.3, 0.4) is 0 Å². The van der Waals surface area contributed by atoms with E-state index in [0.29, 0.717) is 24.0 Å². The number of fused-ring (bicyclic) bond motifs is 7. The summed E-state index contributed by atoms with van der Waals surface area (Å²) in [6, 6.07) is 14.0. The Morgan fingerprint density at radius 1 is 1.13 bits per heavy atom. The standard InChI is InChI=1S/C31H30ClN3O4/c1-15(2)29(34-31(37)38-3)30(36)35-26-10-17(26)11-27(35)25-12-22-21-13-28-23(9-16(21)4-7-24(22)33-25)20-6-5-19(32)8-18(20)14-39-28/h4-9,13,15,17,26-27,29H,10-12,14H2,1-3H3,(H,34,37)/t17-,26-,27+,29+/m1/s1. The van der Waals surface area contributed by atoms with Crippen LogP contribution in [-0.2, 0) is 22.6 Å². The molecule has 0 bridgehead atoms. The molecule has 7 nitrogen and oxygen atoms in total. The van der Waals surface area contributed by atoms with Crippen LogP contribution in [0.4, 0.5) is 10.5 Å². The summed E-state index contributed by atoms with van der Waals surface area (Å²) >= 11 is 6.22. The number of hydrogen-bond donors (Lipinski definition) is 1. The second kappa shape index (κ2) is 8.98. The number of benzene rings is 3. The Bertz CT molecular complexity index is 1580. The molecule has 2 amide bonds. The molecule has 0 unspecified atom stereocenters. The summed E-state index contributed by atoms with van der Waals surface area (Å²) in [6.07, 6.45) is 2.05. The van der Waals surface area contributed by atoms with Crippen LogP contribution in [0.25, 0.3) is 21.9 Å². The Labute approximate surface area is 232 Å². The summed E-state index contributed by atoms with van der Waals surface area (Å²) < 4.78 is 11.0. The molecule has 8 heteroatoms. The van der Waals surface area contributed by atoms with Crippen LogP contribution in [0.2, 0.25) is 5.02 Å². The van der Waals surface area contributed by atoms with Crippen LogP contribution in [0.1, 0.15) is 37.8 Å². The quantitative estimate of drug-likeness (QED) is 0.434. The summed E-state index contributed by atoms with van der Waals surface area (Å²) in [4.78, 5) is 32.8. The second-order valence-electron chi connectivity index (χ2n) is 11.4. The molecule has 3 aliphatic heterocycles. The zero-order valence-corrected chi connectivity index (χ0v) is 22.9. The highest BCUT2D eigenvalue weighted by Crippen LogP contribution is 2.50. The lowest BCUT2D eigenvalue weighted by molar-refractivity contribution is -0.135. The van der Waals surface area contributed by atoms with Crippen LogP contribution in [0.5, 0.6) is 5.75 Å². The topological polar surface area (TPSA) is 80.2 Å². The minimum absolute atomic E-state index is 0.0462. The van der Waals surface area contributed by atoms with Crippen molar-refractivity contribution in [2.45, 2.75) is 57.8 Å². The first-order chi connectivity index (χ1) is 18.8. The van der Waals surface area contributed by atoms with E-state index in [4.69, 9.17) is 26.1 Å². The van der Waals surface area contributed by atoms with Crippen LogP contribution in [0, 0.1) is 11.8 Å². The van der Waals surface area contributed by atoms with E-state index in [-0.39, 0.29) is 23.9 Å². The molecular weight excluding hydrogens is 514 g/mol. The smallest absolute Gasteiger partial charge is 0.407 e. The Hall–Kier alpha value is -3.58. The van der Waals surface area contributed by atoms with Crippen molar-refractivity contribution in [1.29, 1.82) is 0 Å². The van der Waals surface area contributed by atoms with Gasteiger partial charge in [-0.25, -0.2) is 4.79 Å². The third-order valence-electron chi connectivity index (χ3n) is 8.70. The molecule has 1 saturated carbocycles. The van der Waals surface area contributed by atoms with Gasteiger partial charge in [-0.3, -0.25) is 9.79 Å². The fourth-order valence-corrected chi connectivity index (χ4v) is 6.82. The summed E-state index contributed by atoms with van der Waals surface area (Å²) in [5, 5.41) is 5.74. The molecule has 2 fully saturated rings. The number of rotatable bonds is 4. The first-order valence-electron chi connectivity index (χ1n) is 13.6. The van der Waals surface area contributed by atoms with E-state index >= 15 is 0 Å². The van der Waals surface area contributed by atoms with Gasteiger partial charge < -0.3 is 19.7 Å². The van der Waals surface area contributed by atoms with E-state index in [9.17, 15) is 9.59 Å². The van der Waals surface area contributed by atoms with E-state index in [1.165, 1.54) is 12.7 Å². The van der Waals surface area contributed by atoms with Gasteiger partial charge in [0.05, 0.1) is 18.8 Å². The SMILES string of the molecule is COC(=O)N[C@H](C(=O)N1[C@@H]2C[C@@H]2C[C@H]1C1=Nc2ccc3cc4c(cc3c2C1)OCc1cc(Cl)ccc1-4)C(C)C. The molecule has 3 heterocycles. The van der Waals surface area contributed by atoms with E-state index in [1.807, 2.05) is 30.9 Å². The van der Waals surface area contributed by atoms with Gasteiger partial charge in [-0.15, -0.1) is 0 Å². The predicted molar refractivity (Wildman–Crippen MR) is 151 cm³/mol. The number of piperidine rings is 1. The molecule has 1 aliphatic carbocycles. The summed E-state index contributed by atoms with van der Waals surface area (Å²) in [5.74, 6) is 1.26. The molecule has 3 aromatic carbocycles. The van der Waals surface area contributed by atoms with Crippen LogP contribution < -0.4 is 10.1 Å². The minimum Gasteiger partial charge on any atom is -0.488 e. The zero-order chi connectivity index (χ0) is 27.0. The third-order valence-corrected chi connectivity index (χ3v) is 8.94. The van der Waals surface area contributed by atoms with Crippen molar-refractivity contribution in [3.63, 3.8) is 0 Å². The zero-order valence-electron chi connectivity index (χ0n) is 22.2. The number of carbonyl (C=O) groups is 2. The van der Waals surface area contributed by atoms with Gasteiger partial charge in [0.15, 0.2) is 0 Å². The minimum atomic E-state index is -0.633. The molecular formula is C31H30ClN3O4. The molecule has 4 aliphatic rings. The predicted octanol–water partition coefficient (Wildman–Crippen LogP) is 6.05. The van der Waals surface area contributed by atoms with Crippen LogP contribution in [-0.4, -0.2) is 47.8 Å². The number of halogens is 1. The van der Waals surface area contributed by atoms with Gasteiger partial charge in [0, 0.05) is 28.8 Å². The number of nitrogens with zero attached hydrogens (tertiary/aromatic N) is 2. The Kier molecular flexibility index (Phi) is 5.63. The molecule has 1 N–H and O–H groups in total. The number of ether oxygens (including phenoxy) is 2. The molecule has 3 aromatic rings. The fraction of sp³-hybridized carbons (Fsp3) is 0.387. The molecule has 0 radical (unpaired) electrons. The summed E-state index contributed by atoms with van der Waals surface area (Å²) in [7, 11) is 1.32. The number of amides is 2. The third kappa shape index (κ3) is 3.97. The van der Waals surface area contributed by atoms with Crippen LogP contribution in [0.15, 0.2) is 47.5 Å². The van der Waals surface area contributed by atoms with Crippen molar-refractivity contribution in [3.05, 3.63) is 58.6 Å². The number of hydrogen-bond acceptors (Lipinski definition) is 5. The van der Waals surface area contributed by atoms with Gasteiger partial charge in [0.2, 0.25) is 5.91 Å². The summed E-state index contributed by atoms with van der Waals surface area (Å²) in [6.45, 7) is 4.38. The number of nitrogens with one attached hydrogen (secondary N) is 1. The van der Waals surface area contributed by atoms with E-state index in [1.54, 1.807) is 0 Å². The van der Waals surface area contributed by atoms with Crippen molar-refractivity contribution in [2.24, 2.45) is 16.8 Å². The molecule has 39 heavy (non-hydrogen) atoms. The largest absolute Gasteiger partial charge is 0.488 e. The Morgan fingerprint density at radius 3 is 2.77 bits per heavy atom. The fourth-order valence-electron chi connectivity index (χ4n) is 6.62. The highest BCUT2D eigenvalue weighted by Gasteiger charge is 2.56. The first-order valence-corrected chi connectivity index (χ1v) is 14.0. The average Bonchev–Trinajstić information content (AvgIpc) is 3.37. The number of likely N-dealkylation sites (tertiary alicyclic amines) is 1. The van der Waals surface area contributed by atoms with E-state index in [2.05, 4.69) is 35.6 Å². The average molecular weight is 544 g/mol. The van der Waals surface area contributed by atoms with Crippen molar-refractivity contribution in [2.75, 3.05) is 7.11 Å². The Morgan fingerprint density at radius 2 is 1.97 bits per heavy atom. The van der Waals surface area contributed by atoms with E-state index < -0.39 is 12.1 Å². The van der Waals surface area contributed by atoms with Gasteiger partial charge in [0.25, 0.3) is 0 Å². The molecule has 4 atom stereocenters. The molecule has 200 valence electrons. The maximum atomic E-state index is 13.8. The molecule has 0 spiro atoms. The molecule has 7 rings (SSSR count). The van der Waals surface area contributed by atoms with Gasteiger partial charge in [-0.1, -0.05) is 37.6 Å². The van der Waals surface area contributed by atoms with Crippen molar-refractivity contribution in [1.82, 2.24) is 10.2 Å². The normalized spacial score (nSPS) is 22.8. The highest BCUT2D eigenvalue weighted by atomic mass is 35.5. The monoisotopic (exact) mass is 543 g/mol. The van der Waals surface area contributed by atoms with Crippen molar-refractivity contribution >= 4 is 45.8 Å². The highest BCUT2D eigenvalue weighted by molar-refractivity contribution is 6.30. The van der Waals surface area contributed by atoms with Crippen LogP contribution >= 0.6 is 11.6 Å². The lowest BCUT2D eigenvalue weighted by Crippen LogP contribution is -2.55. The number of methoxy groups -OCH3 is 1. The van der Waals surface area contributed by atoms with Crippen molar-refractivity contribution < 1.29 is 19.1 Å². The molecule has 1 saturated heterocycles. The maximum Gasteiger partial charge on any atom is 0.407 e. The van der Waals surface area contributed by atoms with Gasteiger partial charge in [-0.05, 0) is 82.5 Å². The number of carbonyl (C=O) groups excluding carboxylic acids is 2. The van der Waals surface area contributed by atoms with E-state index in [0.717, 1.165) is 57.5 Å². The van der Waals surface area contributed by atoms with Gasteiger partial charge >= 0.3 is 6.09 Å². The summed E-state index contributed by atoms with van der Waals surface area (Å²) in [5.41, 5.74) is 6.48. The van der Waals surface area contributed by atoms with Gasteiger partial charge in [-0.2, -0.15) is 0 Å². The first kappa shape index (κ1) is 24.5. The molecule has 0 aromatic heterocycles. The number of aliphatic imine (C=N–C) groups is 1. The Balaban J connectivity index is 1.20. The lowest BCUT2D eigenvalue weighted by atomic mass is 9.91. The van der Waals surface area contributed by atoms with Crippen molar-refractivity contribution in [3.8, 4) is 16.9 Å². The maximum absolute atomic E-state index is 13.8. The van der Waals surface area contributed by atoms with Gasteiger partial charge in [0.1, 0.15) is 18.4 Å². The lowest BCUT2D eigenvalue weighted by Gasteiger charge is -2.33. The number of alkyl carbamates (subject to hydrolysis) is 1. The second-order valence-corrected chi connectivity index (χ2v) is 11.9.